The molecular formula is C19H24N4O2. The second-order valence-electron chi connectivity index (χ2n) is 7.03. The molecule has 2 N–H and O–H groups in total. The Morgan fingerprint density at radius 1 is 1.20 bits per heavy atom. The van der Waals surface area contributed by atoms with Crippen LogP contribution in [0.4, 0.5) is 11.5 Å². The molecule has 2 saturated heterocycles. The van der Waals surface area contributed by atoms with E-state index >= 15 is 0 Å². The van der Waals surface area contributed by atoms with Crippen LogP contribution in [0.3, 0.4) is 0 Å². The molecule has 2 aliphatic rings. The van der Waals surface area contributed by atoms with Gasteiger partial charge in [0.05, 0.1) is 36.2 Å². The van der Waals surface area contributed by atoms with Crippen molar-refractivity contribution in [2.45, 2.75) is 31.3 Å². The Bertz CT molecular complexity index is 711. The number of rotatable bonds is 5. The molecule has 2 unspecified atom stereocenters. The van der Waals surface area contributed by atoms with Crippen LogP contribution in [-0.4, -0.2) is 48.0 Å². The minimum atomic E-state index is -0.0941. The van der Waals surface area contributed by atoms with E-state index in [1.165, 1.54) is 0 Å². The number of aromatic nitrogens is 2. The van der Waals surface area contributed by atoms with Gasteiger partial charge in [-0.25, -0.2) is 4.98 Å². The minimum Gasteiger partial charge on any atom is -0.379 e. The minimum absolute atomic E-state index is 0.0941. The highest BCUT2D eigenvalue weighted by atomic mass is 16.5. The summed E-state index contributed by atoms with van der Waals surface area (Å²) in [6, 6.07) is 8.41. The van der Waals surface area contributed by atoms with Gasteiger partial charge in [-0.15, -0.1) is 0 Å². The summed E-state index contributed by atoms with van der Waals surface area (Å²) in [5.41, 5.74) is 2.83. The highest BCUT2D eigenvalue weighted by Gasteiger charge is 2.31. The van der Waals surface area contributed by atoms with Crippen molar-refractivity contribution in [3.63, 3.8) is 0 Å². The van der Waals surface area contributed by atoms with E-state index in [9.17, 15) is 0 Å². The van der Waals surface area contributed by atoms with Crippen LogP contribution >= 0.6 is 0 Å². The molecule has 2 aliphatic heterocycles. The maximum atomic E-state index is 5.58. The Kier molecular flexibility index (Phi) is 4.55. The molecule has 0 radical (unpaired) electrons. The molecule has 0 saturated carbocycles. The maximum Gasteiger partial charge on any atom is 0.150 e. The summed E-state index contributed by atoms with van der Waals surface area (Å²) in [6.07, 6.45) is 5.60. The fraction of sp³-hybridized carbons (Fsp3) is 0.474. The van der Waals surface area contributed by atoms with Crippen molar-refractivity contribution in [1.82, 2.24) is 9.97 Å². The van der Waals surface area contributed by atoms with Crippen molar-refractivity contribution in [1.29, 1.82) is 0 Å². The predicted molar refractivity (Wildman–Crippen MR) is 97.8 cm³/mol. The van der Waals surface area contributed by atoms with Gasteiger partial charge in [-0.2, -0.15) is 0 Å². The Balaban J connectivity index is 1.65. The molecule has 6 heteroatoms. The van der Waals surface area contributed by atoms with Crippen LogP contribution in [0.25, 0.3) is 11.3 Å². The number of hydrogen-bond acceptors (Lipinski definition) is 6. The molecule has 2 aromatic heterocycles. The van der Waals surface area contributed by atoms with Crippen LogP contribution in [0.1, 0.15) is 19.8 Å². The molecular weight excluding hydrogens is 316 g/mol. The second-order valence-corrected chi connectivity index (χ2v) is 7.03. The number of pyridine rings is 2. The molecule has 4 heterocycles. The smallest absolute Gasteiger partial charge is 0.150 e. The molecule has 0 amide bonds. The number of nitrogens with zero attached hydrogens (tertiary/aromatic N) is 2. The molecule has 132 valence electrons. The third kappa shape index (κ3) is 3.75. The van der Waals surface area contributed by atoms with Crippen molar-refractivity contribution in [3.8, 4) is 11.3 Å². The standard InChI is InChI=1S/C19H24N4O2/c1-19(7-10-25-13-19)23-18-17(21-15-6-9-24-12-15)5-4-16(22-18)14-3-2-8-20-11-14/h2-5,8,11,15,21H,6-7,9-10,12-13H2,1H3,(H,22,23). The van der Waals surface area contributed by atoms with E-state index in [2.05, 4.69) is 28.6 Å². The first-order valence-corrected chi connectivity index (χ1v) is 8.84. The van der Waals surface area contributed by atoms with E-state index in [1.807, 2.05) is 24.4 Å². The predicted octanol–water partition coefficient (Wildman–Crippen LogP) is 2.94. The first-order chi connectivity index (χ1) is 12.2. The van der Waals surface area contributed by atoms with Gasteiger partial charge in [0.25, 0.3) is 0 Å². The lowest BCUT2D eigenvalue weighted by atomic mass is 10.0. The van der Waals surface area contributed by atoms with E-state index in [0.717, 1.165) is 55.4 Å². The summed E-state index contributed by atoms with van der Waals surface area (Å²) in [6.45, 7) is 5.21. The number of anilines is 2. The average Bonchev–Trinajstić information content (AvgIpc) is 3.29. The van der Waals surface area contributed by atoms with Gasteiger partial charge in [0.1, 0.15) is 0 Å². The molecule has 0 aromatic carbocycles. The molecule has 0 bridgehead atoms. The first kappa shape index (κ1) is 16.3. The first-order valence-electron chi connectivity index (χ1n) is 8.84. The SMILES string of the molecule is CC1(Nc2nc(-c3cccnc3)ccc2NC2CCOC2)CCOC1. The summed E-state index contributed by atoms with van der Waals surface area (Å²) in [7, 11) is 0. The molecule has 0 aliphatic carbocycles. The monoisotopic (exact) mass is 340 g/mol. The van der Waals surface area contributed by atoms with E-state index < -0.39 is 0 Å². The van der Waals surface area contributed by atoms with Crippen molar-refractivity contribution < 1.29 is 9.47 Å². The third-order valence-corrected chi connectivity index (χ3v) is 4.78. The van der Waals surface area contributed by atoms with Crippen molar-refractivity contribution >= 4 is 11.5 Å². The van der Waals surface area contributed by atoms with Crippen molar-refractivity contribution in [2.24, 2.45) is 0 Å². The normalized spacial score (nSPS) is 25.9. The van der Waals surface area contributed by atoms with Gasteiger partial charge < -0.3 is 20.1 Å². The lowest BCUT2D eigenvalue weighted by Crippen LogP contribution is -2.36. The van der Waals surface area contributed by atoms with Crippen LogP contribution in [0.2, 0.25) is 0 Å². The van der Waals surface area contributed by atoms with Crippen LogP contribution in [0, 0.1) is 0 Å². The summed E-state index contributed by atoms with van der Waals surface area (Å²) in [5.74, 6) is 0.862. The largest absolute Gasteiger partial charge is 0.379 e. The second kappa shape index (κ2) is 6.98. The Morgan fingerprint density at radius 3 is 2.88 bits per heavy atom. The van der Waals surface area contributed by atoms with Crippen molar-refractivity contribution in [3.05, 3.63) is 36.7 Å². The lowest BCUT2D eigenvalue weighted by Gasteiger charge is -2.27. The topological polar surface area (TPSA) is 68.3 Å². The molecule has 6 nitrogen and oxygen atoms in total. The quantitative estimate of drug-likeness (QED) is 0.872. The van der Waals surface area contributed by atoms with Crippen LogP contribution < -0.4 is 10.6 Å². The van der Waals surface area contributed by atoms with Gasteiger partial charge in [-0.1, -0.05) is 0 Å². The Hall–Kier alpha value is -2.18. The summed E-state index contributed by atoms with van der Waals surface area (Å²) in [4.78, 5) is 9.08. The summed E-state index contributed by atoms with van der Waals surface area (Å²) in [5, 5.41) is 7.18. The molecule has 0 spiro atoms. The highest BCUT2D eigenvalue weighted by Crippen LogP contribution is 2.31. The number of ether oxygens (including phenoxy) is 2. The van der Waals surface area contributed by atoms with Crippen LogP contribution in [-0.2, 0) is 9.47 Å². The zero-order valence-corrected chi connectivity index (χ0v) is 14.5. The van der Waals surface area contributed by atoms with Gasteiger partial charge >= 0.3 is 0 Å². The van der Waals surface area contributed by atoms with Crippen LogP contribution in [0.5, 0.6) is 0 Å². The van der Waals surface area contributed by atoms with E-state index in [4.69, 9.17) is 14.5 Å². The van der Waals surface area contributed by atoms with Crippen molar-refractivity contribution in [2.75, 3.05) is 37.1 Å². The van der Waals surface area contributed by atoms with E-state index in [0.29, 0.717) is 12.6 Å². The molecule has 25 heavy (non-hydrogen) atoms. The zero-order valence-electron chi connectivity index (χ0n) is 14.5. The van der Waals surface area contributed by atoms with Gasteiger partial charge in [-0.05, 0) is 44.0 Å². The molecule has 2 fully saturated rings. The number of nitrogens with one attached hydrogen (secondary N) is 2. The average molecular weight is 340 g/mol. The fourth-order valence-corrected chi connectivity index (χ4v) is 3.27. The highest BCUT2D eigenvalue weighted by molar-refractivity contribution is 5.71. The van der Waals surface area contributed by atoms with Gasteiger partial charge in [-0.3, -0.25) is 4.98 Å². The molecule has 2 atom stereocenters. The zero-order chi connectivity index (χ0) is 17.1. The maximum absolute atomic E-state index is 5.58. The van der Waals surface area contributed by atoms with Gasteiger partial charge in [0.15, 0.2) is 5.82 Å². The summed E-state index contributed by atoms with van der Waals surface area (Å²) >= 11 is 0. The van der Waals surface area contributed by atoms with E-state index in [-0.39, 0.29) is 5.54 Å². The molecule has 4 rings (SSSR count). The van der Waals surface area contributed by atoms with Crippen LogP contribution in [0.15, 0.2) is 36.7 Å². The van der Waals surface area contributed by atoms with Gasteiger partial charge in [0.2, 0.25) is 0 Å². The van der Waals surface area contributed by atoms with Gasteiger partial charge in [0, 0.05) is 31.2 Å². The summed E-state index contributed by atoms with van der Waals surface area (Å²) < 4.78 is 11.1. The Morgan fingerprint density at radius 2 is 2.16 bits per heavy atom. The number of hydrogen-bond donors (Lipinski definition) is 2. The van der Waals surface area contributed by atoms with E-state index in [1.54, 1.807) is 6.20 Å². The Labute approximate surface area is 148 Å². The lowest BCUT2D eigenvalue weighted by molar-refractivity contribution is 0.185. The fourth-order valence-electron chi connectivity index (χ4n) is 3.27. The molecule has 2 aromatic rings. The third-order valence-electron chi connectivity index (χ3n) is 4.78.